The summed E-state index contributed by atoms with van der Waals surface area (Å²) < 4.78 is 3.55. The number of nitrogens with zero attached hydrogens (tertiary/aromatic N) is 5. The summed E-state index contributed by atoms with van der Waals surface area (Å²) in [6.45, 7) is 2.24. The lowest BCUT2D eigenvalue weighted by Crippen LogP contribution is -2.20. The van der Waals surface area contributed by atoms with Crippen LogP contribution in [0, 0.1) is 6.92 Å². The van der Waals surface area contributed by atoms with Gasteiger partial charge in [0.15, 0.2) is 5.65 Å². The molecule has 0 unspecified atom stereocenters. The van der Waals surface area contributed by atoms with E-state index in [0.717, 1.165) is 39.3 Å². The van der Waals surface area contributed by atoms with Gasteiger partial charge < -0.3 is 10.4 Å². The van der Waals surface area contributed by atoms with E-state index in [0.29, 0.717) is 0 Å². The molecule has 0 aliphatic heterocycles. The van der Waals surface area contributed by atoms with Crippen molar-refractivity contribution >= 4 is 11.7 Å². The zero-order chi connectivity index (χ0) is 19.0. The van der Waals surface area contributed by atoms with Gasteiger partial charge in [-0.05, 0) is 30.2 Å². The van der Waals surface area contributed by atoms with E-state index in [2.05, 4.69) is 15.4 Å². The molecule has 3 aromatic heterocycles. The first kappa shape index (κ1) is 16.8. The number of nitrogens with one attached hydrogen (secondary N) is 1. The van der Waals surface area contributed by atoms with E-state index in [1.54, 1.807) is 17.1 Å². The molecule has 0 saturated heterocycles. The fourth-order valence-electron chi connectivity index (χ4n) is 3.03. The summed E-state index contributed by atoms with van der Waals surface area (Å²) in [6, 6.07) is 9.76. The van der Waals surface area contributed by atoms with Crippen LogP contribution in [-0.2, 0) is 13.6 Å². The van der Waals surface area contributed by atoms with Gasteiger partial charge in [-0.15, -0.1) is 0 Å². The van der Waals surface area contributed by atoms with Gasteiger partial charge >= 0.3 is 6.09 Å². The van der Waals surface area contributed by atoms with Crippen molar-refractivity contribution < 1.29 is 9.90 Å². The molecule has 8 nitrogen and oxygen atoms in total. The minimum Gasteiger partial charge on any atom is -0.465 e. The molecule has 8 heteroatoms. The van der Waals surface area contributed by atoms with Crippen molar-refractivity contribution in [1.82, 2.24) is 29.7 Å². The largest absolute Gasteiger partial charge is 0.465 e. The molecular weight excluding hydrogens is 344 g/mol. The fourth-order valence-corrected chi connectivity index (χ4v) is 3.03. The highest BCUT2D eigenvalue weighted by Gasteiger charge is 2.12. The summed E-state index contributed by atoms with van der Waals surface area (Å²) in [7, 11) is 1.87. The lowest BCUT2D eigenvalue weighted by Gasteiger charge is -2.10. The second-order valence-electron chi connectivity index (χ2n) is 6.33. The molecule has 0 radical (unpaired) electrons. The molecule has 0 spiro atoms. The Bertz CT molecular complexity index is 1140. The number of carbonyl (C=O) groups is 1. The van der Waals surface area contributed by atoms with E-state index in [1.807, 2.05) is 55.0 Å². The van der Waals surface area contributed by atoms with Crippen molar-refractivity contribution in [2.24, 2.45) is 7.05 Å². The third kappa shape index (κ3) is 3.24. The predicted molar refractivity (Wildman–Crippen MR) is 100 cm³/mol. The third-order valence-electron chi connectivity index (χ3n) is 4.43. The minimum absolute atomic E-state index is 0.278. The lowest BCUT2D eigenvalue weighted by molar-refractivity contribution is 0.194. The highest BCUT2D eigenvalue weighted by Crippen LogP contribution is 2.25. The first-order valence-corrected chi connectivity index (χ1v) is 8.42. The Labute approximate surface area is 155 Å². The van der Waals surface area contributed by atoms with Crippen LogP contribution in [0.25, 0.3) is 28.2 Å². The van der Waals surface area contributed by atoms with Crippen LogP contribution < -0.4 is 5.32 Å². The molecule has 3 heterocycles. The number of hydrogen-bond donors (Lipinski definition) is 2. The molecule has 27 heavy (non-hydrogen) atoms. The summed E-state index contributed by atoms with van der Waals surface area (Å²) >= 11 is 0. The van der Waals surface area contributed by atoms with Gasteiger partial charge in [0, 0.05) is 43.2 Å². The number of fused-ring (bicyclic) bond motifs is 1. The first-order chi connectivity index (χ1) is 13.0. The number of benzene rings is 1. The molecule has 4 aromatic rings. The second-order valence-corrected chi connectivity index (χ2v) is 6.33. The van der Waals surface area contributed by atoms with Crippen LogP contribution >= 0.6 is 0 Å². The lowest BCUT2D eigenvalue weighted by atomic mass is 10.0. The molecule has 4 rings (SSSR count). The molecule has 0 aliphatic rings. The normalized spacial score (nSPS) is 11.0. The molecule has 0 aliphatic carbocycles. The average molecular weight is 362 g/mol. The van der Waals surface area contributed by atoms with Gasteiger partial charge in [0.2, 0.25) is 0 Å². The van der Waals surface area contributed by atoms with Crippen molar-refractivity contribution in [3.8, 4) is 22.5 Å². The van der Waals surface area contributed by atoms with Crippen molar-refractivity contribution in [2.45, 2.75) is 13.5 Å². The maximum Gasteiger partial charge on any atom is 0.404 e. The Hall–Kier alpha value is -3.68. The standard InChI is InChI=1S/C19H18N6O2/c1-12-7-13(3-4-14(12)9-21-19(26)27)17-5-6-20-18-8-16(23-25(17)18)15-10-22-24(2)11-15/h3-8,10-11,21H,9H2,1-2H3,(H,26,27). The van der Waals surface area contributed by atoms with E-state index in [4.69, 9.17) is 10.2 Å². The van der Waals surface area contributed by atoms with Crippen LogP contribution in [-0.4, -0.2) is 35.6 Å². The zero-order valence-corrected chi connectivity index (χ0v) is 14.9. The van der Waals surface area contributed by atoms with Crippen LogP contribution in [0.4, 0.5) is 4.79 Å². The van der Waals surface area contributed by atoms with E-state index in [9.17, 15) is 4.79 Å². The van der Waals surface area contributed by atoms with Crippen molar-refractivity contribution in [1.29, 1.82) is 0 Å². The Morgan fingerprint density at radius 1 is 1.22 bits per heavy atom. The van der Waals surface area contributed by atoms with Crippen LogP contribution in [0.5, 0.6) is 0 Å². The number of aryl methyl sites for hydroxylation is 2. The first-order valence-electron chi connectivity index (χ1n) is 8.42. The molecule has 0 saturated carbocycles. The Morgan fingerprint density at radius 2 is 2.07 bits per heavy atom. The van der Waals surface area contributed by atoms with E-state index in [-0.39, 0.29) is 6.54 Å². The quantitative estimate of drug-likeness (QED) is 0.582. The van der Waals surface area contributed by atoms with Crippen molar-refractivity contribution in [3.63, 3.8) is 0 Å². The van der Waals surface area contributed by atoms with Gasteiger partial charge in [0.1, 0.15) is 0 Å². The maximum atomic E-state index is 10.7. The van der Waals surface area contributed by atoms with Crippen LogP contribution in [0.15, 0.2) is 48.9 Å². The van der Waals surface area contributed by atoms with Crippen LogP contribution in [0.1, 0.15) is 11.1 Å². The second kappa shape index (κ2) is 6.56. The van der Waals surface area contributed by atoms with E-state index >= 15 is 0 Å². The molecule has 136 valence electrons. The molecular formula is C19H18N6O2. The smallest absolute Gasteiger partial charge is 0.404 e. The Kier molecular flexibility index (Phi) is 4.08. The zero-order valence-electron chi connectivity index (χ0n) is 14.9. The van der Waals surface area contributed by atoms with Gasteiger partial charge in [0.05, 0.1) is 17.6 Å². The topological polar surface area (TPSA) is 97.3 Å². The number of aromatic nitrogens is 5. The molecule has 0 fully saturated rings. The molecule has 0 atom stereocenters. The highest BCUT2D eigenvalue weighted by molar-refractivity contribution is 5.68. The predicted octanol–water partition coefficient (Wildman–Crippen LogP) is 2.87. The van der Waals surface area contributed by atoms with Gasteiger partial charge in [-0.1, -0.05) is 12.1 Å². The Morgan fingerprint density at radius 3 is 2.78 bits per heavy atom. The summed E-state index contributed by atoms with van der Waals surface area (Å²) in [6.07, 6.45) is 4.41. The fraction of sp³-hybridized carbons (Fsp3) is 0.158. The third-order valence-corrected chi connectivity index (χ3v) is 4.43. The van der Waals surface area contributed by atoms with E-state index < -0.39 is 6.09 Å². The van der Waals surface area contributed by atoms with Crippen molar-refractivity contribution in [2.75, 3.05) is 0 Å². The maximum absolute atomic E-state index is 10.7. The number of carboxylic acid groups (broad SMARTS) is 1. The summed E-state index contributed by atoms with van der Waals surface area (Å²) in [4.78, 5) is 15.1. The van der Waals surface area contributed by atoms with Crippen LogP contribution in [0.2, 0.25) is 0 Å². The van der Waals surface area contributed by atoms with Gasteiger partial charge in [-0.25, -0.2) is 14.3 Å². The monoisotopic (exact) mass is 362 g/mol. The molecule has 1 amide bonds. The van der Waals surface area contributed by atoms with Gasteiger partial charge in [-0.2, -0.15) is 10.2 Å². The molecule has 2 N–H and O–H groups in total. The molecule has 0 bridgehead atoms. The van der Waals surface area contributed by atoms with Gasteiger partial charge in [0.25, 0.3) is 0 Å². The highest BCUT2D eigenvalue weighted by atomic mass is 16.4. The summed E-state index contributed by atoms with van der Waals surface area (Å²) in [5.41, 5.74) is 6.33. The van der Waals surface area contributed by atoms with E-state index in [1.165, 1.54) is 0 Å². The SMILES string of the molecule is Cc1cc(-c2ccnc3cc(-c4cnn(C)c4)nn23)ccc1CNC(=O)O. The average Bonchev–Trinajstić information content (AvgIpc) is 3.26. The summed E-state index contributed by atoms with van der Waals surface area (Å²) in [5, 5.41) is 20.1. The van der Waals surface area contributed by atoms with Crippen molar-refractivity contribution in [3.05, 3.63) is 60.0 Å². The van der Waals surface area contributed by atoms with Gasteiger partial charge in [-0.3, -0.25) is 4.68 Å². The minimum atomic E-state index is -1.03. The molecule has 1 aromatic carbocycles. The number of hydrogen-bond acceptors (Lipinski definition) is 4. The summed E-state index contributed by atoms with van der Waals surface area (Å²) in [5.74, 6) is 0. The number of amides is 1. The Balaban J connectivity index is 1.74. The van der Waals surface area contributed by atoms with Crippen LogP contribution in [0.3, 0.4) is 0 Å². The number of rotatable bonds is 4.